The number of hydrogen-bond donors (Lipinski definition) is 16. The van der Waals surface area contributed by atoms with E-state index in [4.69, 9.17) is 40.1 Å². The highest BCUT2D eigenvalue weighted by Crippen LogP contribution is 2.26. The molecule has 0 spiro atoms. The Hall–Kier alpha value is -8.43. The first-order valence-corrected chi connectivity index (χ1v) is 39.7. The van der Waals surface area contributed by atoms with Gasteiger partial charge < -0.3 is 103 Å². The molecule has 0 bridgehead atoms. The first-order valence-electron chi connectivity index (χ1n) is 39.7. The van der Waals surface area contributed by atoms with Crippen molar-refractivity contribution in [3.63, 3.8) is 0 Å². The van der Waals surface area contributed by atoms with Gasteiger partial charge in [0.05, 0.1) is 6.04 Å². The van der Waals surface area contributed by atoms with Gasteiger partial charge in [0, 0.05) is 32.7 Å². The van der Waals surface area contributed by atoms with Crippen LogP contribution >= 0.6 is 0 Å². The molecule has 14 atom stereocenters. The summed E-state index contributed by atoms with van der Waals surface area (Å²) in [4.78, 5) is 198. The third-order valence-electron chi connectivity index (χ3n) is 19.8. The highest BCUT2D eigenvalue weighted by Gasteiger charge is 2.45. The maximum Gasteiger partial charge on any atom is 0.245 e. The molecule has 13 amide bonds. The van der Waals surface area contributed by atoms with Crippen LogP contribution in [0, 0.1) is 41.4 Å². The molecule has 34 nitrogen and oxygen atoms in total. The second-order valence-corrected chi connectivity index (χ2v) is 32.4. The van der Waals surface area contributed by atoms with Gasteiger partial charge in [-0.05, 0) is 170 Å². The van der Waals surface area contributed by atoms with Gasteiger partial charge in [-0.15, -0.1) is 0 Å². The van der Waals surface area contributed by atoms with Gasteiger partial charge >= 0.3 is 0 Å². The molecular formula is C75H137N21O13. The van der Waals surface area contributed by atoms with Gasteiger partial charge in [0.15, 0.2) is 11.9 Å². The molecule has 3 heterocycles. The minimum absolute atomic E-state index is 0.00464. The van der Waals surface area contributed by atoms with Crippen LogP contribution < -0.4 is 88.0 Å². The molecule has 0 aliphatic carbocycles. The second kappa shape index (κ2) is 47.6. The summed E-state index contributed by atoms with van der Waals surface area (Å²) < 4.78 is 0. The van der Waals surface area contributed by atoms with E-state index >= 15 is 4.79 Å². The lowest BCUT2D eigenvalue weighted by molar-refractivity contribution is -0.144. The number of likely N-dealkylation sites (tertiary alicyclic amines) is 3. The number of rotatable bonds is 48. The third kappa shape index (κ3) is 32.6. The number of amides is 13. The summed E-state index contributed by atoms with van der Waals surface area (Å²) in [6.45, 7) is 27.3. The molecule has 0 unspecified atom stereocenters. The molecular weight excluding hydrogens is 1400 g/mol. The van der Waals surface area contributed by atoms with Gasteiger partial charge in [-0.25, -0.2) is 0 Å². The van der Waals surface area contributed by atoms with E-state index in [0.29, 0.717) is 57.9 Å². The lowest BCUT2D eigenvalue weighted by Crippen LogP contribution is -2.61. The van der Waals surface area contributed by atoms with E-state index in [-0.39, 0.29) is 163 Å². The predicted molar refractivity (Wildman–Crippen MR) is 418 cm³/mol. The topological polar surface area (TPSA) is 547 Å². The van der Waals surface area contributed by atoms with Gasteiger partial charge in [0.25, 0.3) is 0 Å². The van der Waals surface area contributed by atoms with Crippen molar-refractivity contribution in [3.05, 3.63) is 0 Å². The van der Waals surface area contributed by atoms with Crippen LogP contribution in [0.2, 0.25) is 0 Å². The van der Waals surface area contributed by atoms with Gasteiger partial charge in [0.1, 0.15) is 72.5 Å². The number of guanidine groups is 2. The molecule has 23 N–H and O–H groups in total. The maximum atomic E-state index is 15.0. The summed E-state index contributed by atoms with van der Waals surface area (Å²) in [5.74, 6) is -9.40. The average Bonchev–Trinajstić information content (AvgIpc) is 1.72. The maximum absolute atomic E-state index is 15.0. The Labute approximate surface area is 645 Å². The molecule has 3 fully saturated rings. The Morgan fingerprint density at radius 1 is 0.358 bits per heavy atom. The molecule has 0 radical (unpaired) electrons. The zero-order valence-corrected chi connectivity index (χ0v) is 67.5. The molecule has 3 rings (SSSR count). The minimum atomic E-state index is -1.25. The Morgan fingerprint density at radius 2 is 0.624 bits per heavy atom. The van der Waals surface area contributed by atoms with Crippen LogP contribution in [0.1, 0.15) is 225 Å². The number of nitrogens with two attached hydrogens (primary N) is 7. The molecule has 3 aliphatic rings. The fourth-order valence-corrected chi connectivity index (χ4v) is 14.0. The first-order chi connectivity index (χ1) is 51.2. The molecule has 3 saturated heterocycles. The number of hydrogen-bond acceptors (Lipinski definition) is 17. The van der Waals surface area contributed by atoms with Gasteiger partial charge in [0.2, 0.25) is 76.8 Å². The third-order valence-corrected chi connectivity index (χ3v) is 19.8. The summed E-state index contributed by atoms with van der Waals surface area (Å²) in [6, 6.07) is -14.4. The van der Waals surface area contributed by atoms with Crippen LogP contribution in [-0.2, 0) is 62.3 Å². The summed E-state index contributed by atoms with van der Waals surface area (Å²) >= 11 is 0. The molecule has 34 heteroatoms. The van der Waals surface area contributed by atoms with Crippen molar-refractivity contribution in [2.24, 2.45) is 91.5 Å². The van der Waals surface area contributed by atoms with E-state index in [1.165, 1.54) is 14.7 Å². The van der Waals surface area contributed by atoms with Gasteiger partial charge in [-0.3, -0.25) is 72.3 Å². The van der Waals surface area contributed by atoms with Crippen molar-refractivity contribution in [2.45, 2.75) is 304 Å². The van der Waals surface area contributed by atoms with Crippen molar-refractivity contribution in [1.82, 2.24) is 62.6 Å². The van der Waals surface area contributed by atoms with Gasteiger partial charge in [-0.1, -0.05) is 103 Å². The normalized spacial score (nSPS) is 18.8. The van der Waals surface area contributed by atoms with E-state index in [1.807, 2.05) is 96.9 Å². The predicted octanol–water partition coefficient (Wildman–Crippen LogP) is -0.306. The van der Waals surface area contributed by atoms with E-state index in [1.54, 1.807) is 0 Å². The van der Waals surface area contributed by atoms with Crippen LogP contribution in [-0.4, -0.2) is 221 Å². The van der Waals surface area contributed by atoms with E-state index in [2.05, 4.69) is 57.8 Å². The monoisotopic (exact) mass is 1540 g/mol. The molecule has 109 heavy (non-hydrogen) atoms. The standard InChI is InChI=1S/C75H137N21O13/c1-15-47(14)60(77)70(106)93-56(40-46(12)13)73(109)96-34-22-28-59(96)68(104)88-51(35-41(2)3)64(100)86-49(23-16-17-29-76)63(99)91-54(38-44(8)9)71(107)94-32-20-27-58(94)69(105)90-53(37-43(6)7)66(102)92-55(39-45(10)11)72(108)95-33-21-26-57(95)67(103)89-52(36-42(4)5)65(101)87-50(25-19-31-84-75(81)82)62(98)85-48(61(78)97)24-18-30-83-74(79)80/h41-60H,15-40,76-77H2,1-14H3,(H2,78,97)(H,85,98)(H,86,100)(H,87,101)(H,88,104)(H,89,103)(H,90,105)(H,91,99)(H,92,102)(H,93,106)(H4,79,80,83)(H4,81,82,84)/t47-,48-,49-,50-,51-,52-,53-,54-,55-,56-,57-,58-,59-,60-/m0/s1. The van der Waals surface area contributed by atoms with Crippen LogP contribution in [0.5, 0.6) is 0 Å². The number of primary amides is 1. The largest absolute Gasteiger partial charge is 0.370 e. The smallest absolute Gasteiger partial charge is 0.245 e. The van der Waals surface area contributed by atoms with E-state index in [9.17, 15) is 57.5 Å². The molecule has 0 aromatic rings. The number of aliphatic imine (C=N–C) groups is 2. The quantitative estimate of drug-likeness (QED) is 0.0211. The molecule has 0 aromatic heterocycles. The Kier molecular flexibility index (Phi) is 41.4. The fourth-order valence-electron chi connectivity index (χ4n) is 14.0. The van der Waals surface area contributed by atoms with E-state index < -0.39 is 155 Å². The number of nitrogens with one attached hydrogen (secondary N) is 9. The van der Waals surface area contributed by atoms with Crippen molar-refractivity contribution in [3.8, 4) is 0 Å². The molecule has 620 valence electrons. The van der Waals surface area contributed by atoms with Crippen LogP contribution in [0.3, 0.4) is 0 Å². The summed E-state index contributed by atoms with van der Waals surface area (Å²) in [5.41, 5.74) is 39.8. The van der Waals surface area contributed by atoms with E-state index in [0.717, 1.165) is 0 Å². The van der Waals surface area contributed by atoms with Crippen molar-refractivity contribution < 1.29 is 62.3 Å². The van der Waals surface area contributed by atoms with Crippen LogP contribution in [0.25, 0.3) is 0 Å². The van der Waals surface area contributed by atoms with Crippen LogP contribution in [0.15, 0.2) is 9.98 Å². The lowest BCUT2D eigenvalue weighted by Gasteiger charge is -2.33. The summed E-state index contributed by atoms with van der Waals surface area (Å²) in [5, 5.41) is 25.5. The molecule has 0 saturated carbocycles. The number of carbonyl (C=O) groups is 13. The average molecular weight is 1540 g/mol. The zero-order chi connectivity index (χ0) is 82.1. The van der Waals surface area contributed by atoms with Crippen molar-refractivity contribution >= 4 is 88.7 Å². The molecule has 0 aromatic carbocycles. The lowest BCUT2D eigenvalue weighted by atomic mass is 9.97. The van der Waals surface area contributed by atoms with Crippen molar-refractivity contribution in [1.29, 1.82) is 0 Å². The van der Waals surface area contributed by atoms with Crippen molar-refractivity contribution in [2.75, 3.05) is 39.3 Å². The number of carbonyl (C=O) groups excluding carboxylic acids is 13. The highest BCUT2D eigenvalue weighted by molar-refractivity contribution is 6.00. The van der Waals surface area contributed by atoms with Crippen LogP contribution in [0.4, 0.5) is 0 Å². The van der Waals surface area contributed by atoms with Gasteiger partial charge in [-0.2, -0.15) is 0 Å². The Bertz CT molecular complexity index is 3070. The number of unbranched alkanes of at least 4 members (excludes halogenated alkanes) is 1. The summed E-state index contributed by atoms with van der Waals surface area (Å²) in [6.07, 6.45) is 5.30. The zero-order valence-electron chi connectivity index (χ0n) is 67.5. The Balaban J connectivity index is 1.87. The first kappa shape index (κ1) is 94.8. The minimum Gasteiger partial charge on any atom is -0.370 e. The highest BCUT2D eigenvalue weighted by atomic mass is 16.2. The Morgan fingerprint density at radius 3 is 0.908 bits per heavy atom. The second-order valence-electron chi connectivity index (χ2n) is 32.4. The summed E-state index contributed by atoms with van der Waals surface area (Å²) in [7, 11) is 0. The SMILES string of the molecule is CC[C@H](C)[C@H](N)C(=O)N[C@@H](CC(C)C)C(=O)N1CCC[C@H]1C(=O)N[C@@H](CC(C)C)C(=O)N[C@@H](CCCCN)C(=O)N[C@@H](CC(C)C)C(=O)N1CCC[C@H]1C(=O)N[C@@H](CC(C)C)C(=O)N[C@@H](CC(C)C)C(=O)N1CCC[C@H]1C(=O)N[C@@H](CC(C)C)C(=O)N[C@@H](CCCN=C(N)N)C(=O)N[C@@H](CCCN=C(N)N)C(N)=O. The molecule has 3 aliphatic heterocycles. The fraction of sp³-hybridized carbons (Fsp3) is 0.800. The number of nitrogens with zero attached hydrogens (tertiary/aromatic N) is 5.